The molecule has 1 aromatic carbocycles. The van der Waals surface area contributed by atoms with Crippen LogP contribution in [-0.2, 0) is 0 Å². The van der Waals surface area contributed by atoms with Gasteiger partial charge in [0, 0.05) is 10.9 Å². The molecular weight excluding hydrogens is 230 g/mol. The SMILES string of the molecule is COc1ccccc1SCCC1CCCC1N. The lowest BCUT2D eigenvalue weighted by Crippen LogP contribution is -2.24. The summed E-state index contributed by atoms with van der Waals surface area (Å²) in [6.07, 6.45) is 5.06. The molecule has 17 heavy (non-hydrogen) atoms. The summed E-state index contributed by atoms with van der Waals surface area (Å²) in [6, 6.07) is 8.65. The van der Waals surface area contributed by atoms with E-state index in [1.165, 1.54) is 30.6 Å². The molecule has 0 radical (unpaired) electrons. The third-order valence-corrected chi connectivity index (χ3v) is 4.62. The zero-order chi connectivity index (χ0) is 12.1. The molecule has 1 aliphatic rings. The van der Waals surface area contributed by atoms with Crippen LogP contribution >= 0.6 is 11.8 Å². The second-order valence-electron chi connectivity index (χ2n) is 4.64. The molecule has 94 valence electrons. The number of benzene rings is 1. The van der Waals surface area contributed by atoms with Gasteiger partial charge in [-0.2, -0.15) is 0 Å². The molecule has 0 amide bonds. The summed E-state index contributed by atoms with van der Waals surface area (Å²) in [5.41, 5.74) is 6.08. The molecule has 1 fully saturated rings. The lowest BCUT2D eigenvalue weighted by atomic mass is 10.0. The summed E-state index contributed by atoms with van der Waals surface area (Å²) in [4.78, 5) is 1.24. The van der Waals surface area contributed by atoms with Crippen molar-refractivity contribution < 1.29 is 4.74 Å². The van der Waals surface area contributed by atoms with Crippen LogP contribution in [0.15, 0.2) is 29.2 Å². The maximum atomic E-state index is 6.08. The highest BCUT2D eigenvalue weighted by atomic mass is 32.2. The molecule has 1 aliphatic carbocycles. The van der Waals surface area contributed by atoms with Crippen LogP contribution in [0.5, 0.6) is 5.75 Å². The van der Waals surface area contributed by atoms with E-state index in [-0.39, 0.29) is 0 Å². The second-order valence-corrected chi connectivity index (χ2v) is 5.78. The number of hydrogen-bond donors (Lipinski definition) is 1. The fourth-order valence-electron chi connectivity index (χ4n) is 2.48. The first-order valence-electron chi connectivity index (χ1n) is 6.32. The molecule has 0 aromatic heterocycles. The number of nitrogens with two attached hydrogens (primary N) is 1. The smallest absolute Gasteiger partial charge is 0.132 e. The molecule has 2 atom stereocenters. The van der Waals surface area contributed by atoms with Gasteiger partial charge in [0.15, 0.2) is 0 Å². The van der Waals surface area contributed by atoms with Crippen LogP contribution in [0, 0.1) is 5.92 Å². The van der Waals surface area contributed by atoms with E-state index in [2.05, 4.69) is 12.1 Å². The number of hydrogen-bond acceptors (Lipinski definition) is 3. The topological polar surface area (TPSA) is 35.2 Å². The van der Waals surface area contributed by atoms with Crippen LogP contribution < -0.4 is 10.5 Å². The third-order valence-electron chi connectivity index (χ3n) is 3.53. The van der Waals surface area contributed by atoms with Crippen LogP contribution in [0.4, 0.5) is 0 Å². The number of methoxy groups -OCH3 is 1. The van der Waals surface area contributed by atoms with Crippen molar-refractivity contribution in [2.24, 2.45) is 11.7 Å². The molecule has 0 heterocycles. The van der Waals surface area contributed by atoms with Crippen LogP contribution in [0.2, 0.25) is 0 Å². The Morgan fingerprint density at radius 1 is 1.35 bits per heavy atom. The quantitative estimate of drug-likeness (QED) is 0.815. The van der Waals surface area contributed by atoms with Gasteiger partial charge < -0.3 is 10.5 Å². The van der Waals surface area contributed by atoms with Crippen LogP contribution in [-0.4, -0.2) is 18.9 Å². The molecule has 0 aliphatic heterocycles. The Morgan fingerprint density at radius 3 is 2.88 bits per heavy atom. The van der Waals surface area contributed by atoms with E-state index in [4.69, 9.17) is 10.5 Å². The Balaban J connectivity index is 1.81. The molecule has 1 saturated carbocycles. The molecule has 0 bridgehead atoms. The third kappa shape index (κ3) is 3.39. The molecule has 2 N–H and O–H groups in total. The van der Waals surface area contributed by atoms with E-state index in [0.717, 1.165) is 17.4 Å². The maximum Gasteiger partial charge on any atom is 0.132 e. The van der Waals surface area contributed by atoms with Crippen molar-refractivity contribution in [3.63, 3.8) is 0 Å². The highest BCUT2D eigenvalue weighted by molar-refractivity contribution is 7.99. The van der Waals surface area contributed by atoms with Gasteiger partial charge in [-0.25, -0.2) is 0 Å². The van der Waals surface area contributed by atoms with Gasteiger partial charge in [-0.1, -0.05) is 18.6 Å². The normalized spacial score (nSPS) is 23.9. The first kappa shape index (κ1) is 12.8. The molecule has 2 rings (SSSR count). The summed E-state index contributed by atoms with van der Waals surface area (Å²) in [5.74, 6) is 2.85. The number of para-hydroxylation sites is 1. The molecule has 1 aromatic rings. The second kappa shape index (κ2) is 6.31. The molecule has 3 heteroatoms. The fraction of sp³-hybridized carbons (Fsp3) is 0.571. The lowest BCUT2D eigenvalue weighted by molar-refractivity contribution is 0.404. The Morgan fingerprint density at radius 2 is 2.18 bits per heavy atom. The van der Waals surface area contributed by atoms with Crippen molar-refractivity contribution >= 4 is 11.8 Å². The number of rotatable bonds is 5. The average molecular weight is 251 g/mol. The minimum Gasteiger partial charge on any atom is -0.496 e. The van der Waals surface area contributed by atoms with Crippen LogP contribution in [0.1, 0.15) is 25.7 Å². The summed E-state index contributed by atoms with van der Waals surface area (Å²) in [5, 5.41) is 0. The summed E-state index contributed by atoms with van der Waals surface area (Å²) in [7, 11) is 1.73. The van der Waals surface area contributed by atoms with Crippen molar-refractivity contribution in [2.75, 3.05) is 12.9 Å². The van der Waals surface area contributed by atoms with Crippen LogP contribution in [0.3, 0.4) is 0 Å². The molecule has 0 saturated heterocycles. The van der Waals surface area contributed by atoms with Crippen molar-refractivity contribution in [2.45, 2.75) is 36.6 Å². The molecule has 0 spiro atoms. The van der Waals surface area contributed by atoms with Crippen molar-refractivity contribution in [3.8, 4) is 5.75 Å². The van der Waals surface area contributed by atoms with Crippen molar-refractivity contribution in [1.29, 1.82) is 0 Å². The van der Waals surface area contributed by atoms with Gasteiger partial charge >= 0.3 is 0 Å². The Labute approximate surface area is 108 Å². The van der Waals surface area contributed by atoms with E-state index in [0.29, 0.717) is 6.04 Å². The Bertz CT molecular complexity index is 356. The zero-order valence-corrected chi connectivity index (χ0v) is 11.2. The van der Waals surface area contributed by atoms with Crippen molar-refractivity contribution in [3.05, 3.63) is 24.3 Å². The van der Waals surface area contributed by atoms with Gasteiger partial charge in [-0.3, -0.25) is 0 Å². The van der Waals surface area contributed by atoms with Crippen molar-refractivity contribution in [1.82, 2.24) is 0 Å². The van der Waals surface area contributed by atoms with Gasteiger partial charge in [0.1, 0.15) is 5.75 Å². The monoisotopic (exact) mass is 251 g/mol. The lowest BCUT2D eigenvalue weighted by Gasteiger charge is -2.15. The average Bonchev–Trinajstić information content (AvgIpc) is 2.76. The highest BCUT2D eigenvalue weighted by Crippen LogP contribution is 2.33. The summed E-state index contributed by atoms with van der Waals surface area (Å²) in [6.45, 7) is 0. The minimum atomic E-state index is 0.438. The zero-order valence-electron chi connectivity index (χ0n) is 10.4. The van der Waals surface area contributed by atoms with Gasteiger partial charge in [-0.15, -0.1) is 11.8 Å². The predicted octanol–water partition coefficient (Wildman–Crippen LogP) is 3.30. The standard InChI is InChI=1S/C14H21NOS/c1-16-13-7-2-3-8-14(13)17-10-9-11-5-4-6-12(11)15/h2-3,7-8,11-12H,4-6,9-10,15H2,1H3. The van der Waals surface area contributed by atoms with E-state index < -0.39 is 0 Å². The first-order chi connectivity index (χ1) is 8.31. The van der Waals surface area contributed by atoms with Crippen LogP contribution in [0.25, 0.3) is 0 Å². The van der Waals surface area contributed by atoms with Gasteiger partial charge in [-0.05, 0) is 43.1 Å². The van der Waals surface area contributed by atoms with Gasteiger partial charge in [0.05, 0.1) is 7.11 Å². The molecule has 2 unspecified atom stereocenters. The van der Waals surface area contributed by atoms with Gasteiger partial charge in [0.2, 0.25) is 0 Å². The van der Waals surface area contributed by atoms with E-state index >= 15 is 0 Å². The number of thioether (sulfide) groups is 1. The van der Waals surface area contributed by atoms with E-state index in [1.54, 1.807) is 7.11 Å². The van der Waals surface area contributed by atoms with E-state index in [1.807, 2.05) is 23.9 Å². The summed E-state index contributed by atoms with van der Waals surface area (Å²) >= 11 is 1.88. The molecule has 2 nitrogen and oxygen atoms in total. The number of ether oxygens (including phenoxy) is 1. The molecular formula is C14H21NOS. The van der Waals surface area contributed by atoms with Gasteiger partial charge in [0.25, 0.3) is 0 Å². The largest absolute Gasteiger partial charge is 0.496 e. The van der Waals surface area contributed by atoms with E-state index in [9.17, 15) is 0 Å². The highest BCUT2D eigenvalue weighted by Gasteiger charge is 2.23. The minimum absolute atomic E-state index is 0.438. The summed E-state index contributed by atoms with van der Waals surface area (Å²) < 4.78 is 5.34. The first-order valence-corrected chi connectivity index (χ1v) is 7.31. The Kier molecular flexibility index (Phi) is 4.75. The maximum absolute atomic E-state index is 6.08. The fourth-order valence-corrected chi connectivity index (χ4v) is 3.59. The predicted molar refractivity (Wildman–Crippen MR) is 73.7 cm³/mol. The Hall–Kier alpha value is -0.670.